The van der Waals surface area contributed by atoms with Gasteiger partial charge in [0.25, 0.3) is 0 Å². The molecule has 3 N–H and O–H groups in total. The molecule has 2 heterocycles. The first-order valence-corrected chi connectivity index (χ1v) is 6.86. The Kier molecular flexibility index (Phi) is 3.44. The van der Waals surface area contributed by atoms with Gasteiger partial charge in [0, 0.05) is 6.20 Å². The normalized spacial score (nSPS) is 12.4. The van der Waals surface area contributed by atoms with Gasteiger partial charge in [0.15, 0.2) is 0 Å². The molecule has 7 heteroatoms. The fraction of sp³-hybridized carbons (Fsp3) is 0.154. The van der Waals surface area contributed by atoms with Crippen LogP contribution in [0.1, 0.15) is 17.5 Å². The summed E-state index contributed by atoms with van der Waals surface area (Å²) in [7, 11) is 0. The number of hydrogen-bond donors (Lipinski definition) is 2. The number of rotatable bonds is 4. The summed E-state index contributed by atoms with van der Waals surface area (Å²) in [6, 6.07) is 6.50. The fourth-order valence-electron chi connectivity index (χ4n) is 1.79. The van der Waals surface area contributed by atoms with Crippen molar-refractivity contribution in [3.05, 3.63) is 47.4 Å². The third kappa shape index (κ3) is 2.68. The molecule has 0 bridgehead atoms. The van der Waals surface area contributed by atoms with Crippen molar-refractivity contribution in [2.45, 2.75) is 12.5 Å². The summed E-state index contributed by atoms with van der Waals surface area (Å²) < 4.78 is 5.19. The van der Waals surface area contributed by atoms with E-state index in [2.05, 4.69) is 15.1 Å². The lowest BCUT2D eigenvalue weighted by Crippen LogP contribution is -2.13. The van der Waals surface area contributed by atoms with Crippen molar-refractivity contribution < 1.29 is 9.63 Å². The zero-order chi connectivity index (χ0) is 13.9. The number of phenols is 1. The van der Waals surface area contributed by atoms with Gasteiger partial charge in [-0.1, -0.05) is 17.3 Å². The second-order valence-electron chi connectivity index (χ2n) is 4.30. The Morgan fingerprint density at radius 1 is 1.30 bits per heavy atom. The average molecular weight is 288 g/mol. The van der Waals surface area contributed by atoms with Crippen LogP contribution in [0.3, 0.4) is 0 Å². The van der Waals surface area contributed by atoms with E-state index in [0.29, 0.717) is 18.1 Å². The van der Waals surface area contributed by atoms with Crippen molar-refractivity contribution in [1.82, 2.24) is 15.1 Å². The Labute approximate surface area is 118 Å². The quantitative estimate of drug-likeness (QED) is 0.763. The fourth-order valence-corrected chi connectivity index (χ4v) is 2.33. The van der Waals surface area contributed by atoms with Crippen LogP contribution in [0.4, 0.5) is 0 Å². The van der Waals surface area contributed by atoms with Gasteiger partial charge in [0.1, 0.15) is 5.75 Å². The van der Waals surface area contributed by atoms with Crippen LogP contribution >= 0.6 is 11.3 Å². The Morgan fingerprint density at radius 3 is 2.80 bits per heavy atom. The molecule has 0 saturated carbocycles. The number of nitrogens with two attached hydrogens (primary N) is 1. The second-order valence-corrected chi connectivity index (χ2v) is 5.19. The molecule has 0 aliphatic rings. The van der Waals surface area contributed by atoms with Crippen LogP contribution in [-0.2, 0) is 6.42 Å². The number of phenolic OH excluding ortho intramolecular Hbond substituents is 1. The zero-order valence-corrected chi connectivity index (χ0v) is 11.2. The molecular weight excluding hydrogens is 276 g/mol. The minimum absolute atomic E-state index is 0.229. The summed E-state index contributed by atoms with van der Waals surface area (Å²) in [6.07, 6.45) is 2.25. The maximum atomic E-state index is 9.24. The topological polar surface area (TPSA) is 98.1 Å². The first-order chi connectivity index (χ1) is 9.72. The molecule has 0 radical (unpaired) electrons. The number of thiazole rings is 1. The summed E-state index contributed by atoms with van der Waals surface area (Å²) in [4.78, 5) is 9.10. The third-order valence-electron chi connectivity index (χ3n) is 2.80. The molecule has 3 aromatic rings. The summed E-state index contributed by atoms with van der Waals surface area (Å²) in [5, 5.41) is 13.1. The van der Waals surface area contributed by atoms with Crippen molar-refractivity contribution >= 4 is 11.3 Å². The highest BCUT2D eigenvalue weighted by atomic mass is 32.1. The second kappa shape index (κ2) is 5.40. The zero-order valence-electron chi connectivity index (χ0n) is 10.4. The van der Waals surface area contributed by atoms with Gasteiger partial charge in [-0.05, 0) is 24.1 Å². The highest BCUT2D eigenvalue weighted by molar-refractivity contribution is 7.13. The molecule has 0 aliphatic heterocycles. The molecule has 102 valence electrons. The van der Waals surface area contributed by atoms with E-state index in [0.717, 1.165) is 10.4 Å². The van der Waals surface area contributed by atoms with Crippen LogP contribution < -0.4 is 5.73 Å². The lowest BCUT2D eigenvalue weighted by atomic mass is 10.1. The van der Waals surface area contributed by atoms with E-state index < -0.39 is 0 Å². The number of benzene rings is 1. The molecule has 0 amide bonds. The van der Waals surface area contributed by atoms with Gasteiger partial charge >= 0.3 is 0 Å². The monoisotopic (exact) mass is 288 g/mol. The largest absolute Gasteiger partial charge is 0.508 e. The summed E-state index contributed by atoms with van der Waals surface area (Å²) in [6.45, 7) is 0. The van der Waals surface area contributed by atoms with E-state index >= 15 is 0 Å². The van der Waals surface area contributed by atoms with Gasteiger partial charge in [-0.25, -0.2) is 0 Å². The molecular formula is C13H12N4O2S. The van der Waals surface area contributed by atoms with Gasteiger partial charge in [-0.3, -0.25) is 4.98 Å². The molecule has 2 aromatic heterocycles. The smallest absolute Gasteiger partial charge is 0.244 e. The highest BCUT2D eigenvalue weighted by Gasteiger charge is 2.16. The molecule has 20 heavy (non-hydrogen) atoms. The van der Waals surface area contributed by atoms with Crippen molar-refractivity contribution in [3.63, 3.8) is 0 Å². The lowest BCUT2D eigenvalue weighted by molar-refractivity contribution is 0.354. The van der Waals surface area contributed by atoms with Gasteiger partial charge in [0.05, 0.1) is 16.4 Å². The lowest BCUT2D eigenvalue weighted by Gasteiger charge is -2.06. The molecule has 0 spiro atoms. The molecule has 1 atom stereocenters. The van der Waals surface area contributed by atoms with Crippen molar-refractivity contribution in [1.29, 1.82) is 0 Å². The molecule has 6 nitrogen and oxygen atoms in total. The summed E-state index contributed by atoms with van der Waals surface area (Å²) in [5.74, 6) is 1.12. The molecule has 1 aromatic carbocycles. The minimum Gasteiger partial charge on any atom is -0.508 e. The Balaban J connectivity index is 1.74. The predicted octanol–water partition coefficient (Wildman–Crippen LogP) is 2.14. The number of aromatic hydroxyl groups is 1. The third-order valence-corrected chi connectivity index (χ3v) is 3.57. The van der Waals surface area contributed by atoms with E-state index in [4.69, 9.17) is 10.3 Å². The maximum absolute atomic E-state index is 9.24. The Hall–Kier alpha value is -2.25. The van der Waals surface area contributed by atoms with Gasteiger partial charge in [0.2, 0.25) is 11.7 Å². The Morgan fingerprint density at radius 2 is 2.10 bits per heavy atom. The van der Waals surface area contributed by atoms with Crippen molar-refractivity contribution in [2.24, 2.45) is 5.73 Å². The summed E-state index contributed by atoms with van der Waals surface area (Å²) >= 11 is 1.44. The van der Waals surface area contributed by atoms with Crippen molar-refractivity contribution in [3.8, 4) is 16.5 Å². The standard InChI is InChI=1S/C13H12N4O2S/c14-10(5-8-1-3-9(18)4-2-8)13-16-12(17-19-13)11-6-15-7-20-11/h1-4,6-7,10,18H,5,14H2/t10-/m1/s1. The number of aromatic nitrogens is 3. The Bertz CT molecular complexity index is 679. The van der Waals surface area contributed by atoms with Crippen LogP contribution in [0.15, 0.2) is 40.5 Å². The van der Waals surface area contributed by atoms with Crippen LogP contribution in [0.5, 0.6) is 5.75 Å². The van der Waals surface area contributed by atoms with E-state index in [1.165, 1.54) is 11.3 Å². The first-order valence-electron chi connectivity index (χ1n) is 5.98. The molecule has 0 saturated heterocycles. The SMILES string of the molecule is N[C@H](Cc1ccc(O)cc1)c1nc(-c2cncs2)no1. The van der Waals surface area contributed by atoms with Crippen molar-refractivity contribution in [2.75, 3.05) is 0 Å². The van der Waals surface area contributed by atoms with Crippen LogP contribution in [0.2, 0.25) is 0 Å². The number of hydrogen-bond acceptors (Lipinski definition) is 7. The highest BCUT2D eigenvalue weighted by Crippen LogP contribution is 2.22. The van der Waals surface area contributed by atoms with Crippen LogP contribution in [-0.4, -0.2) is 20.2 Å². The van der Waals surface area contributed by atoms with E-state index in [9.17, 15) is 5.11 Å². The minimum atomic E-state index is -0.381. The van der Waals surface area contributed by atoms with E-state index in [-0.39, 0.29) is 11.8 Å². The number of nitrogens with zero attached hydrogens (tertiary/aromatic N) is 3. The average Bonchev–Trinajstić information content (AvgIpc) is 3.11. The van der Waals surface area contributed by atoms with Crippen LogP contribution in [0.25, 0.3) is 10.7 Å². The summed E-state index contributed by atoms with van der Waals surface area (Å²) in [5.41, 5.74) is 8.76. The molecule has 0 fully saturated rings. The predicted molar refractivity (Wildman–Crippen MR) is 74.1 cm³/mol. The first kappa shape index (κ1) is 12.8. The molecule has 0 unspecified atom stereocenters. The molecule has 3 rings (SSSR count). The van der Waals surface area contributed by atoms with E-state index in [1.807, 2.05) is 12.1 Å². The van der Waals surface area contributed by atoms with Crippen LogP contribution in [0, 0.1) is 0 Å². The van der Waals surface area contributed by atoms with Gasteiger partial charge in [-0.15, -0.1) is 11.3 Å². The van der Waals surface area contributed by atoms with Gasteiger partial charge < -0.3 is 15.4 Å². The van der Waals surface area contributed by atoms with E-state index in [1.54, 1.807) is 23.8 Å². The maximum Gasteiger partial charge on any atom is 0.244 e. The van der Waals surface area contributed by atoms with Gasteiger partial charge in [-0.2, -0.15) is 4.98 Å². The molecule has 0 aliphatic carbocycles.